The number of hydrogen-bond donors (Lipinski definition) is 1. The molecule has 2 aromatic rings. The molecule has 0 bridgehead atoms. The number of nitrogens with zero attached hydrogens (tertiary/aromatic N) is 5. The fraction of sp³-hybridized carbons (Fsp3) is 0.474. The molecule has 2 N–H and O–H groups in total. The third kappa shape index (κ3) is 3.96. The van der Waals surface area contributed by atoms with Crippen molar-refractivity contribution in [2.24, 2.45) is 5.92 Å². The Bertz CT molecular complexity index is 932. The Morgan fingerprint density at radius 1 is 1.10 bits per heavy atom. The first-order chi connectivity index (χ1) is 13.7. The summed E-state index contributed by atoms with van der Waals surface area (Å²) in [6.07, 6.45) is -2.74. The van der Waals surface area contributed by atoms with E-state index in [0.717, 1.165) is 25.4 Å². The van der Waals surface area contributed by atoms with Crippen LogP contribution in [0.3, 0.4) is 0 Å². The molecule has 0 spiro atoms. The zero-order valence-corrected chi connectivity index (χ0v) is 15.9. The SMILES string of the molecule is CC1CN(c2cc(-c3cnc(N)cc3C(F)(F)F)nc(N3CCC(=O)CC3)n2)C1. The van der Waals surface area contributed by atoms with Gasteiger partial charge < -0.3 is 15.5 Å². The Kier molecular flexibility index (Phi) is 4.79. The van der Waals surface area contributed by atoms with Crippen molar-refractivity contribution < 1.29 is 18.0 Å². The van der Waals surface area contributed by atoms with Crippen LogP contribution in [-0.2, 0) is 11.0 Å². The molecule has 0 aromatic carbocycles. The molecule has 154 valence electrons. The van der Waals surface area contributed by atoms with Gasteiger partial charge in [0.05, 0.1) is 11.3 Å². The molecule has 2 saturated heterocycles. The van der Waals surface area contributed by atoms with Crippen LogP contribution in [0.15, 0.2) is 18.3 Å². The summed E-state index contributed by atoms with van der Waals surface area (Å²) < 4.78 is 40.8. The predicted molar refractivity (Wildman–Crippen MR) is 103 cm³/mol. The van der Waals surface area contributed by atoms with Gasteiger partial charge in [0.1, 0.15) is 17.4 Å². The molecule has 0 amide bonds. The first-order valence-corrected chi connectivity index (χ1v) is 9.44. The van der Waals surface area contributed by atoms with Crippen LogP contribution in [0.5, 0.6) is 0 Å². The Balaban J connectivity index is 1.80. The number of alkyl halides is 3. The number of nitrogen functional groups attached to an aromatic ring is 1. The van der Waals surface area contributed by atoms with Crippen molar-refractivity contribution in [3.8, 4) is 11.3 Å². The minimum atomic E-state index is -4.60. The predicted octanol–water partition coefficient (Wildman–Crippen LogP) is 2.77. The number of carbonyl (C=O) groups is 1. The number of pyridine rings is 1. The second-order valence-corrected chi connectivity index (χ2v) is 7.60. The van der Waals surface area contributed by atoms with E-state index >= 15 is 0 Å². The van der Waals surface area contributed by atoms with Crippen LogP contribution in [-0.4, -0.2) is 46.9 Å². The van der Waals surface area contributed by atoms with Gasteiger partial charge in [-0.3, -0.25) is 4.79 Å². The molecule has 2 aliphatic rings. The van der Waals surface area contributed by atoms with Gasteiger partial charge in [-0.2, -0.15) is 18.2 Å². The number of nitrogens with two attached hydrogens (primary N) is 1. The molecule has 2 aromatic heterocycles. The highest BCUT2D eigenvalue weighted by molar-refractivity contribution is 5.81. The molecular weight excluding hydrogens is 385 g/mol. The summed E-state index contributed by atoms with van der Waals surface area (Å²) in [7, 11) is 0. The number of Topliss-reactive ketones (excluding diaryl/α,β-unsaturated/α-hetero) is 1. The number of rotatable bonds is 3. The fourth-order valence-corrected chi connectivity index (χ4v) is 3.62. The van der Waals surface area contributed by atoms with Gasteiger partial charge in [0.2, 0.25) is 5.95 Å². The van der Waals surface area contributed by atoms with Crippen LogP contribution < -0.4 is 15.5 Å². The molecule has 2 fully saturated rings. The molecule has 4 heterocycles. The third-order valence-corrected chi connectivity index (χ3v) is 5.20. The molecule has 7 nitrogen and oxygen atoms in total. The molecule has 2 aliphatic heterocycles. The van der Waals surface area contributed by atoms with Crippen molar-refractivity contribution in [3.63, 3.8) is 0 Å². The second-order valence-electron chi connectivity index (χ2n) is 7.60. The smallest absolute Gasteiger partial charge is 0.384 e. The molecule has 0 radical (unpaired) electrons. The van der Waals surface area contributed by atoms with Crippen molar-refractivity contribution in [3.05, 3.63) is 23.9 Å². The first kappa shape index (κ1) is 19.4. The quantitative estimate of drug-likeness (QED) is 0.839. The number of ketones is 1. The molecule has 4 rings (SSSR count). The zero-order chi connectivity index (χ0) is 20.8. The molecule has 0 aliphatic carbocycles. The van der Waals surface area contributed by atoms with Gasteiger partial charge >= 0.3 is 6.18 Å². The number of piperidine rings is 1. The molecule has 0 unspecified atom stereocenters. The topological polar surface area (TPSA) is 88.2 Å². The number of halogens is 3. The lowest BCUT2D eigenvalue weighted by Crippen LogP contribution is -2.46. The maximum atomic E-state index is 13.6. The molecule has 10 heteroatoms. The molecule has 29 heavy (non-hydrogen) atoms. The summed E-state index contributed by atoms with van der Waals surface area (Å²) in [6.45, 7) is 4.55. The largest absolute Gasteiger partial charge is 0.417 e. The minimum Gasteiger partial charge on any atom is -0.384 e. The number of hydrogen-bond acceptors (Lipinski definition) is 7. The van der Waals surface area contributed by atoms with Crippen LogP contribution in [0.2, 0.25) is 0 Å². The lowest BCUT2D eigenvalue weighted by molar-refractivity contribution is -0.137. The average molecular weight is 406 g/mol. The molecule has 0 saturated carbocycles. The van der Waals surface area contributed by atoms with Gasteiger partial charge in [-0.1, -0.05) is 6.92 Å². The van der Waals surface area contributed by atoms with Gasteiger partial charge in [-0.15, -0.1) is 0 Å². The maximum Gasteiger partial charge on any atom is 0.417 e. The van der Waals surface area contributed by atoms with Crippen LogP contribution in [0, 0.1) is 5.92 Å². The normalized spacial score (nSPS) is 18.1. The lowest BCUT2D eigenvalue weighted by Gasteiger charge is -2.39. The fourth-order valence-electron chi connectivity index (χ4n) is 3.62. The van der Waals surface area contributed by atoms with Gasteiger partial charge in [0.15, 0.2) is 0 Å². The van der Waals surface area contributed by atoms with E-state index in [0.29, 0.717) is 43.6 Å². The van der Waals surface area contributed by atoms with Crippen LogP contribution in [0.25, 0.3) is 11.3 Å². The first-order valence-electron chi connectivity index (χ1n) is 9.44. The molecular formula is C19H21F3N6O. The van der Waals surface area contributed by atoms with E-state index in [1.165, 1.54) is 0 Å². The van der Waals surface area contributed by atoms with E-state index in [1.54, 1.807) is 6.07 Å². The van der Waals surface area contributed by atoms with E-state index in [-0.39, 0.29) is 22.9 Å². The summed E-state index contributed by atoms with van der Waals surface area (Å²) in [6, 6.07) is 2.38. The van der Waals surface area contributed by atoms with Crippen LogP contribution >= 0.6 is 0 Å². The average Bonchev–Trinajstić information content (AvgIpc) is 2.65. The van der Waals surface area contributed by atoms with Gasteiger partial charge in [0, 0.05) is 56.8 Å². The molecule has 0 atom stereocenters. The zero-order valence-electron chi connectivity index (χ0n) is 15.9. The number of aromatic nitrogens is 3. The second kappa shape index (κ2) is 7.16. The summed E-state index contributed by atoms with van der Waals surface area (Å²) >= 11 is 0. The Morgan fingerprint density at radius 3 is 2.41 bits per heavy atom. The standard InChI is InChI=1S/C19H21F3N6O/c1-11-9-28(10-11)17-7-15(13-8-24-16(23)6-14(13)19(20,21)22)25-18(26-17)27-4-2-12(29)3-5-27/h6-8,11H,2-5,9-10H2,1H3,(H2,23,24). The van der Waals surface area contributed by atoms with Crippen LogP contribution in [0.1, 0.15) is 25.3 Å². The van der Waals surface area contributed by atoms with Gasteiger partial charge in [-0.25, -0.2) is 9.97 Å². The highest BCUT2D eigenvalue weighted by atomic mass is 19.4. The van der Waals surface area contributed by atoms with Crippen molar-refractivity contribution >= 4 is 23.4 Å². The van der Waals surface area contributed by atoms with Crippen molar-refractivity contribution in [2.75, 3.05) is 41.7 Å². The van der Waals surface area contributed by atoms with E-state index < -0.39 is 11.7 Å². The third-order valence-electron chi connectivity index (χ3n) is 5.20. The Morgan fingerprint density at radius 2 is 1.79 bits per heavy atom. The summed E-state index contributed by atoms with van der Waals surface area (Å²) in [5, 5.41) is 0. The number of carbonyl (C=O) groups excluding carboxylic acids is 1. The Labute approximate surface area is 165 Å². The summed E-state index contributed by atoms with van der Waals surface area (Å²) in [5.74, 6) is 1.35. The summed E-state index contributed by atoms with van der Waals surface area (Å²) in [4.78, 5) is 28.2. The summed E-state index contributed by atoms with van der Waals surface area (Å²) in [5.41, 5.74) is 4.61. The van der Waals surface area contributed by atoms with E-state index in [4.69, 9.17) is 5.73 Å². The van der Waals surface area contributed by atoms with Gasteiger partial charge in [-0.05, 0) is 12.0 Å². The monoisotopic (exact) mass is 406 g/mol. The van der Waals surface area contributed by atoms with E-state index in [2.05, 4.69) is 21.9 Å². The minimum absolute atomic E-state index is 0.140. The van der Waals surface area contributed by atoms with Crippen LogP contribution in [0.4, 0.5) is 30.8 Å². The lowest BCUT2D eigenvalue weighted by atomic mass is 10.0. The maximum absolute atomic E-state index is 13.6. The van der Waals surface area contributed by atoms with Crippen molar-refractivity contribution in [1.29, 1.82) is 0 Å². The van der Waals surface area contributed by atoms with E-state index in [9.17, 15) is 18.0 Å². The van der Waals surface area contributed by atoms with Crippen molar-refractivity contribution in [1.82, 2.24) is 15.0 Å². The number of anilines is 3. The highest BCUT2D eigenvalue weighted by Crippen LogP contribution is 2.38. The van der Waals surface area contributed by atoms with E-state index in [1.807, 2.05) is 9.80 Å². The highest BCUT2D eigenvalue weighted by Gasteiger charge is 2.35. The Hall–Kier alpha value is -2.91. The van der Waals surface area contributed by atoms with Gasteiger partial charge in [0.25, 0.3) is 0 Å². The van der Waals surface area contributed by atoms with Crippen molar-refractivity contribution in [2.45, 2.75) is 25.9 Å².